The van der Waals surface area contributed by atoms with Gasteiger partial charge in [-0.2, -0.15) is 0 Å². The van der Waals surface area contributed by atoms with E-state index in [1.54, 1.807) is 0 Å². The van der Waals surface area contributed by atoms with Crippen LogP contribution < -0.4 is 16.4 Å². The summed E-state index contributed by atoms with van der Waals surface area (Å²) in [6.07, 6.45) is 0. The molecule has 9 heteroatoms. The molecule has 8 nitrogen and oxygen atoms in total. The van der Waals surface area contributed by atoms with Crippen molar-refractivity contribution in [2.75, 3.05) is 18.4 Å². The Bertz CT molecular complexity index is 520. The molecule has 0 aliphatic carbocycles. The monoisotopic (exact) mass is 286 g/mol. The first-order valence-corrected chi connectivity index (χ1v) is 5.52. The molecule has 0 fully saturated rings. The molecule has 0 aliphatic heterocycles. The number of hydrogen-bond donors (Lipinski definition) is 3. The minimum atomic E-state index is -0.609. The van der Waals surface area contributed by atoms with Gasteiger partial charge in [0.15, 0.2) is 0 Å². The van der Waals surface area contributed by atoms with E-state index in [0.29, 0.717) is 0 Å². The molecule has 0 saturated carbocycles. The zero-order chi connectivity index (χ0) is 14.4. The summed E-state index contributed by atoms with van der Waals surface area (Å²) < 4.78 is 0. The molecule has 102 valence electrons. The third-order valence-corrected chi connectivity index (χ3v) is 2.40. The van der Waals surface area contributed by atoms with E-state index in [-0.39, 0.29) is 29.5 Å². The van der Waals surface area contributed by atoms with E-state index in [2.05, 4.69) is 10.6 Å². The van der Waals surface area contributed by atoms with Crippen LogP contribution in [0.2, 0.25) is 5.02 Å². The molecule has 4 N–H and O–H groups in total. The van der Waals surface area contributed by atoms with Crippen molar-refractivity contribution in [3.63, 3.8) is 0 Å². The third kappa shape index (κ3) is 4.53. The average molecular weight is 287 g/mol. The first kappa shape index (κ1) is 14.9. The van der Waals surface area contributed by atoms with E-state index in [0.717, 1.165) is 6.07 Å². The van der Waals surface area contributed by atoms with Gasteiger partial charge in [-0.1, -0.05) is 11.6 Å². The molecule has 0 bridgehead atoms. The number of rotatable bonds is 5. The number of nitro groups is 1. The number of carbonyl (C=O) groups is 2. The molecule has 0 aliphatic rings. The van der Waals surface area contributed by atoms with Crippen LogP contribution in [-0.4, -0.2) is 29.8 Å². The molecule has 1 rings (SSSR count). The van der Waals surface area contributed by atoms with E-state index in [1.807, 2.05) is 0 Å². The molecule has 0 unspecified atom stereocenters. The Hall–Kier alpha value is -2.19. The zero-order valence-corrected chi connectivity index (χ0v) is 10.4. The number of carbonyl (C=O) groups excluding carboxylic acids is 2. The molecule has 1 aromatic carbocycles. The molecule has 0 heterocycles. The van der Waals surface area contributed by atoms with Crippen LogP contribution in [-0.2, 0) is 9.59 Å². The molecule has 2 amide bonds. The highest BCUT2D eigenvalue weighted by Gasteiger charge is 2.12. The van der Waals surface area contributed by atoms with E-state index < -0.39 is 16.7 Å². The number of nitrogens with zero attached hydrogens (tertiary/aromatic N) is 1. The maximum atomic E-state index is 11.5. The van der Waals surface area contributed by atoms with E-state index >= 15 is 0 Å². The van der Waals surface area contributed by atoms with Gasteiger partial charge in [0.25, 0.3) is 5.69 Å². The maximum Gasteiger partial charge on any atom is 0.271 e. The van der Waals surface area contributed by atoms with E-state index in [4.69, 9.17) is 17.3 Å². The van der Waals surface area contributed by atoms with Crippen molar-refractivity contribution in [3.8, 4) is 0 Å². The SMILES string of the molecule is NCC(=O)NCC(=O)Nc1cc([N+](=O)[O-])ccc1Cl. The van der Waals surface area contributed by atoms with Crippen LogP contribution in [0.1, 0.15) is 0 Å². The Morgan fingerprint density at radius 2 is 2.05 bits per heavy atom. The van der Waals surface area contributed by atoms with Crippen LogP contribution in [0.4, 0.5) is 11.4 Å². The largest absolute Gasteiger partial charge is 0.346 e. The number of nitro benzene ring substituents is 1. The van der Waals surface area contributed by atoms with Crippen LogP contribution in [0.5, 0.6) is 0 Å². The lowest BCUT2D eigenvalue weighted by atomic mass is 10.2. The lowest BCUT2D eigenvalue weighted by Gasteiger charge is -2.07. The predicted molar refractivity (Wildman–Crippen MR) is 68.8 cm³/mol. The van der Waals surface area contributed by atoms with Crippen molar-refractivity contribution >= 4 is 34.8 Å². The van der Waals surface area contributed by atoms with Gasteiger partial charge in [0.05, 0.1) is 28.7 Å². The van der Waals surface area contributed by atoms with E-state index in [9.17, 15) is 19.7 Å². The molecule has 19 heavy (non-hydrogen) atoms. The second-order valence-electron chi connectivity index (χ2n) is 3.45. The zero-order valence-electron chi connectivity index (χ0n) is 9.68. The van der Waals surface area contributed by atoms with Crippen molar-refractivity contribution in [1.82, 2.24) is 5.32 Å². The van der Waals surface area contributed by atoms with Gasteiger partial charge in [-0.15, -0.1) is 0 Å². The predicted octanol–water partition coefficient (Wildman–Crippen LogP) is 0.262. The van der Waals surface area contributed by atoms with Crippen LogP contribution in [0, 0.1) is 10.1 Å². The molecule has 1 aromatic rings. The Balaban J connectivity index is 2.70. The highest BCUT2D eigenvalue weighted by Crippen LogP contribution is 2.26. The summed E-state index contributed by atoms with van der Waals surface area (Å²) in [5, 5.41) is 15.3. The van der Waals surface area contributed by atoms with Crippen molar-refractivity contribution in [2.24, 2.45) is 5.73 Å². The average Bonchev–Trinajstić information content (AvgIpc) is 2.38. The van der Waals surface area contributed by atoms with Gasteiger partial charge in [-0.25, -0.2) is 0 Å². The highest BCUT2D eigenvalue weighted by molar-refractivity contribution is 6.33. The van der Waals surface area contributed by atoms with Crippen molar-refractivity contribution in [3.05, 3.63) is 33.3 Å². The topological polar surface area (TPSA) is 127 Å². The van der Waals surface area contributed by atoms with E-state index in [1.165, 1.54) is 12.1 Å². The summed E-state index contributed by atoms with van der Waals surface area (Å²) in [6, 6.07) is 3.65. The summed E-state index contributed by atoms with van der Waals surface area (Å²) in [6.45, 7) is -0.528. The van der Waals surface area contributed by atoms with Gasteiger partial charge in [0, 0.05) is 12.1 Å². The summed E-state index contributed by atoms with van der Waals surface area (Å²) >= 11 is 5.79. The molecule has 0 spiro atoms. The first-order chi connectivity index (χ1) is 8.93. The van der Waals surface area contributed by atoms with Gasteiger partial charge < -0.3 is 16.4 Å². The van der Waals surface area contributed by atoms with Crippen LogP contribution in [0.15, 0.2) is 18.2 Å². The third-order valence-electron chi connectivity index (χ3n) is 2.07. The van der Waals surface area contributed by atoms with Gasteiger partial charge >= 0.3 is 0 Å². The second-order valence-corrected chi connectivity index (χ2v) is 3.86. The normalized spacial score (nSPS) is 9.79. The number of benzene rings is 1. The van der Waals surface area contributed by atoms with Gasteiger partial charge in [-0.3, -0.25) is 19.7 Å². The summed E-state index contributed by atoms with van der Waals surface area (Å²) in [5.74, 6) is -1.05. The van der Waals surface area contributed by atoms with Gasteiger partial charge in [0.2, 0.25) is 11.8 Å². The van der Waals surface area contributed by atoms with Gasteiger partial charge in [-0.05, 0) is 6.07 Å². The van der Waals surface area contributed by atoms with Crippen LogP contribution in [0.3, 0.4) is 0 Å². The van der Waals surface area contributed by atoms with Crippen molar-refractivity contribution in [1.29, 1.82) is 0 Å². The molecule has 0 saturated heterocycles. The molecule has 0 atom stereocenters. The lowest BCUT2D eigenvalue weighted by Crippen LogP contribution is -2.36. The molecule has 0 radical (unpaired) electrons. The minimum absolute atomic E-state index is 0.0999. The fourth-order valence-corrected chi connectivity index (χ4v) is 1.33. The van der Waals surface area contributed by atoms with Crippen LogP contribution in [0.25, 0.3) is 0 Å². The number of non-ortho nitro benzene ring substituents is 1. The van der Waals surface area contributed by atoms with Crippen molar-refractivity contribution < 1.29 is 14.5 Å². The molecular weight excluding hydrogens is 276 g/mol. The first-order valence-electron chi connectivity index (χ1n) is 5.14. The number of hydrogen-bond acceptors (Lipinski definition) is 5. The Labute approximate surface area is 113 Å². The number of nitrogens with two attached hydrogens (primary N) is 1. The number of nitrogens with one attached hydrogen (secondary N) is 2. The highest BCUT2D eigenvalue weighted by atomic mass is 35.5. The fraction of sp³-hybridized carbons (Fsp3) is 0.200. The second kappa shape index (κ2) is 6.66. The van der Waals surface area contributed by atoms with Gasteiger partial charge in [0.1, 0.15) is 0 Å². The number of anilines is 1. The summed E-state index contributed by atoms with van der Waals surface area (Å²) in [4.78, 5) is 32.3. The summed E-state index contributed by atoms with van der Waals surface area (Å²) in [5.41, 5.74) is 4.95. The lowest BCUT2D eigenvalue weighted by molar-refractivity contribution is -0.384. The van der Waals surface area contributed by atoms with Crippen molar-refractivity contribution in [2.45, 2.75) is 0 Å². The molecule has 0 aromatic heterocycles. The van der Waals surface area contributed by atoms with Crippen LogP contribution >= 0.6 is 11.6 Å². The standard InChI is InChI=1S/C10H11ClN4O4/c11-7-2-1-6(15(18)19)3-8(7)14-10(17)5-13-9(16)4-12/h1-3H,4-5,12H2,(H,13,16)(H,14,17). The Kier molecular flexibility index (Phi) is 5.22. The minimum Gasteiger partial charge on any atom is -0.346 e. The summed E-state index contributed by atoms with van der Waals surface area (Å²) in [7, 11) is 0. The number of amides is 2. The maximum absolute atomic E-state index is 11.5. The molecular formula is C10H11ClN4O4. The smallest absolute Gasteiger partial charge is 0.271 e. The fourth-order valence-electron chi connectivity index (χ4n) is 1.17. The number of halogens is 1. The Morgan fingerprint density at radius 1 is 1.37 bits per heavy atom. The quantitative estimate of drug-likeness (QED) is 0.528. The Morgan fingerprint density at radius 3 is 2.63 bits per heavy atom.